The van der Waals surface area contributed by atoms with Crippen LogP contribution in [0.2, 0.25) is 0 Å². The maximum Gasteiger partial charge on any atom is 0.239 e. The Bertz CT molecular complexity index is 723. The molecule has 25 heavy (non-hydrogen) atoms. The van der Waals surface area contributed by atoms with Crippen LogP contribution < -0.4 is 4.74 Å². The Morgan fingerprint density at radius 1 is 1.44 bits per heavy atom. The lowest BCUT2D eigenvalue weighted by Gasteiger charge is -2.46. The smallest absolute Gasteiger partial charge is 0.239 e. The van der Waals surface area contributed by atoms with Crippen LogP contribution in [0, 0.1) is 11.3 Å². The molecule has 134 valence electrons. The summed E-state index contributed by atoms with van der Waals surface area (Å²) in [5, 5.41) is 20.3. The number of nitriles is 1. The van der Waals surface area contributed by atoms with Gasteiger partial charge in [0.2, 0.25) is 5.91 Å². The average Bonchev–Trinajstić information content (AvgIpc) is 3.03. The van der Waals surface area contributed by atoms with Gasteiger partial charge in [0.25, 0.3) is 0 Å². The number of benzene rings is 1. The van der Waals surface area contributed by atoms with Crippen molar-refractivity contribution in [2.24, 2.45) is 0 Å². The minimum atomic E-state index is -0.801. The second-order valence-electron chi connectivity index (χ2n) is 7.59. The van der Waals surface area contributed by atoms with Gasteiger partial charge in [0.15, 0.2) is 0 Å². The fourth-order valence-electron chi connectivity index (χ4n) is 3.88. The summed E-state index contributed by atoms with van der Waals surface area (Å²) >= 11 is 0. The zero-order chi connectivity index (χ0) is 18.4. The van der Waals surface area contributed by atoms with Gasteiger partial charge in [-0.25, -0.2) is 0 Å². The van der Waals surface area contributed by atoms with Crippen LogP contribution in [-0.2, 0) is 4.79 Å². The predicted molar refractivity (Wildman–Crippen MR) is 93.0 cm³/mol. The molecule has 1 amide bonds. The molecule has 0 spiro atoms. The Labute approximate surface area is 148 Å². The number of amides is 1. The van der Waals surface area contributed by atoms with Gasteiger partial charge in [0, 0.05) is 19.7 Å². The molecule has 2 heterocycles. The first-order valence-electron chi connectivity index (χ1n) is 8.64. The van der Waals surface area contributed by atoms with Crippen molar-refractivity contribution < 1.29 is 14.6 Å². The molecule has 2 aliphatic heterocycles. The van der Waals surface area contributed by atoms with Crippen molar-refractivity contribution in [1.29, 1.82) is 5.26 Å². The van der Waals surface area contributed by atoms with E-state index in [-0.39, 0.29) is 18.0 Å². The van der Waals surface area contributed by atoms with Gasteiger partial charge in [0.1, 0.15) is 17.5 Å². The Balaban J connectivity index is 2.07. The summed E-state index contributed by atoms with van der Waals surface area (Å²) in [6, 6.07) is 6.79. The molecule has 1 N–H and O–H groups in total. The minimum Gasteiger partial charge on any atom is -0.485 e. The van der Waals surface area contributed by atoms with E-state index in [1.165, 1.54) is 0 Å². The summed E-state index contributed by atoms with van der Waals surface area (Å²) in [7, 11) is 3.51. The SMILES string of the molecule is CN(C)C(=O)C1CCCN1[C@@H]1c2cc(C#N)ccc2OC(C)(C)[C@H]1O. The number of fused-ring (bicyclic) bond motifs is 1. The minimum absolute atomic E-state index is 0.0481. The van der Waals surface area contributed by atoms with Crippen LogP contribution in [0.15, 0.2) is 18.2 Å². The first-order chi connectivity index (χ1) is 11.8. The molecule has 1 fully saturated rings. The number of carbonyl (C=O) groups is 1. The second-order valence-corrected chi connectivity index (χ2v) is 7.59. The lowest BCUT2D eigenvalue weighted by atomic mass is 9.84. The van der Waals surface area contributed by atoms with Gasteiger partial charge in [-0.1, -0.05) is 0 Å². The monoisotopic (exact) mass is 343 g/mol. The predicted octanol–water partition coefficient (Wildman–Crippen LogP) is 1.68. The molecule has 0 saturated carbocycles. The van der Waals surface area contributed by atoms with Crippen molar-refractivity contribution in [1.82, 2.24) is 9.80 Å². The van der Waals surface area contributed by atoms with E-state index in [9.17, 15) is 15.2 Å². The summed E-state index contributed by atoms with van der Waals surface area (Å²) in [6.45, 7) is 4.44. The third-order valence-corrected chi connectivity index (χ3v) is 5.22. The van der Waals surface area contributed by atoms with Crippen molar-refractivity contribution in [3.63, 3.8) is 0 Å². The van der Waals surface area contributed by atoms with Crippen molar-refractivity contribution in [2.75, 3.05) is 20.6 Å². The first-order valence-corrected chi connectivity index (χ1v) is 8.64. The van der Waals surface area contributed by atoms with Crippen LogP contribution in [0.3, 0.4) is 0 Å². The summed E-state index contributed by atoms with van der Waals surface area (Å²) in [4.78, 5) is 16.3. The third kappa shape index (κ3) is 2.99. The highest BCUT2D eigenvalue weighted by molar-refractivity contribution is 5.81. The third-order valence-electron chi connectivity index (χ3n) is 5.22. The molecule has 1 aromatic rings. The zero-order valence-electron chi connectivity index (χ0n) is 15.2. The number of likely N-dealkylation sites (N-methyl/N-ethyl adjacent to an activating group) is 1. The Morgan fingerprint density at radius 3 is 2.80 bits per heavy atom. The molecule has 3 rings (SSSR count). The van der Waals surface area contributed by atoms with Crippen LogP contribution in [0.4, 0.5) is 0 Å². The van der Waals surface area contributed by atoms with Gasteiger partial charge in [-0.2, -0.15) is 5.26 Å². The van der Waals surface area contributed by atoms with E-state index in [0.29, 0.717) is 11.3 Å². The number of hydrogen-bond acceptors (Lipinski definition) is 5. The maximum absolute atomic E-state index is 12.6. The largest absolute Gasteiger partial charge is 0.485 e. The maximum atomic E-state index is 12.6. The van der Waals surface area contributed by atoms with Crippen LogP contribution in [-0.4, -0.2) is 59.2 Å². The molecule has 2 aliphatic rings. The van der Waals surface area contributed by atoms with Crippen molar-refractivity contribution in [2.45, 2.75) is 50.5 Å². The van der Waals surface area contributed by atoms with Gasteiger partial charge in [-0.05, 0) is 51.4 Å². The van der Waals surface area contributed by atoms with Crippen LogP contribution in [0.5, 0.6) is 5.75 Å². The summed E-state index contributed by atoms with van der Waals surface area (Å²) < 4.78 is 5.98. The van der Waals surface area contributed by atoms with Gasteiger partial charge in [-0.3, -0.25) is 9.69 Å². The number of likely N-dealkylation sites (tertiary alicyclic amines) is 1. The number of rotatable bonds is 2. The zero-order valence-corrected chi connectivity index (χ0v) is 15.2. The molecular formula is C19H25N3O3. The lowest BCUT2D eigenvalue weighted by molar-refractivity contribution is -0.139. The summed E-state index contributed by atoms with van der Waals surface area (Å²) in [5.74, 6) is 0.717. The van der Waals surface area contributed by atoms with Gasteiger partial charge in [0.05, 0.1) is 23.7 Å². The van der Waals surface area contributed by atoms with Crippen molar-refractivity contribution in [3.8, 4) is 11.8 Å². The van der Waals surface area contributed by atoms with Gasteiger partial charge in [-0.15, -0.1) is 0 Å². The highest BCUT2D eigenvalue weighted by atomic mass is 16.5. The summed E-state index contributed by atoms with van der Waals surface area (Å²) in [6.07, 6.45) is 0.876. The van der Waals surface area contributed by atoms with Gasteiger partial charge < -0.3 is 14.7 Å². The quantitative estimate of drug-likeness (QED) is 0.884. The van der Waals surface area contributed by atoms with Crippen molar-refractivity contribution >= 4 is 5.91 Å². The van der Waals surface area contributed by atoms with Gasteiger partial charge >= 0.3 is 0 Å². The fourth-order valence-corrected chi connectivity index (χ4v) is 3.88. The van der Waals surface area contributed by atoms with E-state index in [1.807, 2.05) is 13.8 Å². The Kier molecular flexibility index (Phi) is 4.48. The van der Waals surface area contributed by atoms with E-state index in [0.717, 1.165) is 24.9 Å². The number of aliphatic hydroxyl groups is 1. The standard InChI is InChI=1S/C19H25N3O3/c1-19(2)17(23)16(13-10-12(11-20)7-8-15(13)25-19)22-9-5-6-14(22)18(24)21(3)4/h7-8,10,14,16-17,23H,5-6,9H2,1-4H3/t14?,16-,17+/m1/s1. The number of ether oxygens (including phenoxy) is 1. The molecule has 0 bridgehead atoms. The normalized spacial score (nSPS) is 27.9. The van der Waals surface area contributed by atoms with E-state index >= 15 is 0 Å². The molecular weight excluding hydrogens is 318 g/mol. The second kappa shape index (κ2) is 6.32. The molecule has 0 radical (unpaired) electrons. The van der Waals surface area contributed by atoms with Crippen LogP contribution in [0.25, 0.3) is 0 Å². The summed E-state index contributed by atoms with van der Waals surface area (Å²) in [5.41, 5.74) is 0.526. The molecule has 6 nitrogen and oxygen atoms in total. The topological polar surface area (TPSA) is 76.8 Å². The number of aliphatic hydroxyl groups excluding tert-OH is 1. The number of carbonyl (C=O) groups excluding carboxylic acids is 1. The number of hydrogen-bond donors (Lipinski definition) is 1. The Hall–Kier alpha value is -2.10. The fraction of sp³-hybridized carbons (Fsp3) is 0.579. The van der Waals surface area contributed by atoms with Crippen molar-refractivity contribution in [3.05, 3.63) is 29.3 Å². The molecule has 1 unspecified atom stereocenters. The molecule has 1 saturated heterocycles. The van der Waals surface area contributed by atoms with Crippen LogP contribution >= 0.6 is 0 Å². The average molecular weight is 343 g/mol. The molecule has 1 aromatic carbocycles. The molecule has 3 atom stereocenters. The highest BCUT2D eigenvalue weighted by Gasteiger charge is 2.49. The first kappa shape index (κ1) is 17.7. The van der Waals surface area contributed by atoms with E-state index in [4.69, 9.17) is 4.74 Å². The Morgan fingerprint density at radius 2 is 2.16 bits per heavy atom. The van der Waals surface area contributed by atoms with E-state index in [2.05, 4.69) is 11.0 Å². The van der Waals surface area contributed by atoms with E-state index in [1.54, 1.807) is 37.2 Å². The molecule has 0 aromatic heterocycles. The van der Waals surface area contributed by atoms with Crippen LogP contribution in [0.1, 0.15) is 43.9 Å². The molecule has 0 aliphatic carbocycles. The molecule has 6 heteroatoms. The number of nitrogens with zero attached hydrogens (tertiary/aromatic N) is 3. The lowest BCUT2D eigenvalue weighted by Crippen LogP contribution is -2.56. The van der Waals surface area contributed by atoms with E-state index < -0.39 is 11.7 Å². The highest BCUT2D eigenvalue weighted by Crippen LogP contribution is 2.45.